The first-order chi connectivity index (χ1) is 5.46. The molecule has 13 heavy (non-hydrogen) atoms. The van der Waals surface area contributed by atoms with Gasteiger partial charge < -0.3 is 5.11 Å². The topological polar surface area (TPSA) is 20.2 Å². The maximum absolute atomic E-state index is 12.2. The van der Waals surface area contributed by atoms with Gasteiger partial charge in [0.25, 0.3) is 0 Å². The summed E-state index contributed by atoms with van der Waals surface area (Å²) in [5.41, 5.74) is 0. The van der Waals surface area contributed by atoms with Gasteiger partial charge in [0.15, 0.2) is 5.75 Å². The zero-order valence-electron chi connectivity index (χ0n) is 6.34. The fraction of sp³-hybridized carbons (Fsp3) is 0. The van der Waals surface area contributed by atoms with E-state index in [2.05, 4.69) is 0 Å². The van der Waals surface area contributed by atoms with Crippen LogP contribution in [0.25, 0.3) is 0 Å². The number of rotatable bonds is 0. The molecule has 0 fully saturated rings. The molecule has 0 atom stereocenters. The summed E-state index contributed by atoms with van der Waals surface area (Å²) in [5, 5.41) is 8.30. The Kier molecular flexibility index (Phi) is 4.80. The molecular weight excluding hydrogens is 222 g/mol. The average molecular weight is 223 g/mol. The van der Waals surface area contributed by atoms with E-state index in [4.69, 9.17) is 5.11 Å². The summed E-state index contributed by atoms with van der Waals surface area (Å²) < 4.78 is 60.6. The van der Waals surface area contributed by atoms with Crippen molar-refractivity contribution in [2.75, 3.05) is 0 Å². The van der Waals surface area contributed by atoms with Gasteiger partial charge in [-0.25, -0.2) is 13.2 Å². The molecule has 0 unspecified atom stereocenters. The van der Waals surface area contributed by atoms with Crippen LogP contribution in [0.3, 0.4) is 0 Å². The number of halogens is 5. The van der Waals surface area contributed by atoms with Crippen molar-refractivity contribution < 1.29 is 27.1 Å². The van der Waals surface area contributed by atoms with Crippen molar-refractivity contribution >= 4 is 51.4 Å². The Morgan fingerprint density at radius 2 is 0.846 bits per heavy atom. The molecular formula is C6HF5KO. The molecule has 0 heterocycles. The maximum atomic E-state index is 12.2. The van der Waals surface area contributed by atoms with Gasteiger partial charge in [0.1, 0.15) is 0 Å². The van der Waals surface area contributed by atoms with Crippen LogP contribution in [-0.4, -0.2) is 56.5 Å². The first kappa shape index (κ1) is 13.3. The molecule has 1 radical (unpaired) electrons. The van der Waals surface area contributed by atoms with Crippen molar-refractivity contribution in [1.82, 2.24) is 0 Å². The quantitative estimate of drug-likeness (QED) is 0.307. The smallest absolute Gasteiger partial charge is 0.206 e. The van der Waals surface area contributed by atoms with Gasteiger partial charge in [-0.1, -0.05) is 0 Å². The fourth-order valence-electron chi connectivity index (χ4n) is 0.593. The van der Waals surface area contributed by atoms with Crippen molar-refractivity contribution in [2.24, 2.45) is 0 Å². The van der Waals surface area contributed by atoms with Crippen molar-refractivity contribution in [3.63, 3.8) is 0 Å². The largest absolute Gasteiger partial charge is 0.503 e. The zero-order chi connectivity index (χ0) is 9.46. The Hall–Kier alpha value is 0.306. The summed E-state index contributed by atoms with van der Waals surface area (Å²) in [6.45, 7) is 0. The van der Waals surface area contributed by atoms with Crippen LogP contribution in [0.1, 0.15) is 0 Å². The standard InChI is InChI=1S/C6HF5O.K/c7-1-2(8)4(10)6(12)5(11)3(1)9;/h12H;. The van der Waals surface area contributed by atoms with Gasteiger partial charge in [-0.05, 0) is 0 Å². The molecule has 1 aromatic carbocycles. The van der Waals surface area contributed by atoms with Crippen molar-refractivity contribution in [2.45, 2.75) is 0 Å². The normalized spacial score (nSPS) is 9.62. The monoisotopic (exact) mass is 223 g/mol. The molecule has 1 nitrogen and oxygen atoms in total. The van der Waals surface area contributed by atoms with Crippen LogP contribution in [0.15, 0.2) is 0 Å². The van der Waals surface area contributed by atoms with Crippen molar-refractivity contribution in [1.29, 1.82) is 0 Å². The van der Waals surface area contributed by atoms with Gasteiger partial charge in [0.2, 0.25) is 29.1 Å². The van der Waals surface area contributed by atoms with Crippen LogP contribution in [0.4, 0.5) is 22.0 Å². The summed E-state index contributed by atoms with van der Waals surface area (Å²) in [4.78, 5) is 0. The van der Waals surface area contributed by atoms with Crippen molar-refractivity contribution in [3.8, 4) is 5.75 Å². The molecule has 0 amide bonds. The van der Waals surface area contributed by atoms with E-state index in [9.17, 15) is 22.0 Å². The Morgan fingerprint density at radius 3 is 1.15 bits per heavy atom. The Balaban J connectivity index is 0.00000144. The Morgan fingerprint density at radius 1 is 0.615 bits per heavy atom. The van der Waals surface area contributed by atoms with Crippen LogP contribution in [-0.2, 0) is 0 Å². The van der Waals surface area contributed by atoms with Gasteiger partial charge in [-0.2, -0.15) is 8.78 Å². The zero-order valence-corrected chi connectivity index (χ0v) is 9.46. The molecule has 1 aromatic rings. The van der Waals surface area contributed by atoms with Crippen LogP contribution < -0.4 is 0 Å². The molecule has 0 bridgehead atoms. The maximum Gasteiger partial charge on any atom is 0.206 e. The van der Waals surface area contributed by atoms with E-state index in [-0.39, 0.29) is 51.4 Å². The van der Waals surface area contributed by atoms with Gasteiger partial charge in [-0.15, -0.1) is 0 Å². The predicted octanol–water partition coefficient (Wildman–Crippen LogP) is 1.71. The third kappa shape index (κ3) is 2.21. The molecule has 0 aliphatic heterocycles. The molecule has 1 N–H and O–H groups in total. The molecule has 7 heteroatoms. The second kappa shape index (κ2) is 4.69. The van der Waals surface area contributed by atoms with E-state index in [1.54, 1.807) is 0 Å². The third-order valence-electron chi connectivity index (χ3n) is 1.19. The van der Waals surface area contributed by atoms with Crippen LogP contribution in [0.5, 0.6) is 5.75 Å². The van der Waals surface area contributed by atoms with E-state index >= 15 is 0 Å². The van der Waals surface area contributed by atoms with Crippen LogP contribution in [0, 0.1) is 29.1 Å². The third-order valence-corrected chi connectivity index (χ3v) is 1.19. The number of phenolic OH excluding ortho intramolecular Hbond substituents is 1. The van der Waals surface area contributed by atoms with Gasteiger partial charge in [0.05, 0.1) is 0 Å². The minimum absolute atomic E-state index is 0. The molecule has 0 spiro atoms. The number of hydrogen-bond acceptors (Lipinski definition) is 1. The van der Waals surface area contributed by atoms with E-state index in [1.165, 1.54) is 0 Å². The second-order valence-electron chi connectivity index (χ2n) is 1.92. The van der Waals surface area contributed by atoms with Gasteiger partial charge >= 0.3 is 0 Å². The molecule has 0 saturated heterocycles. The SMILES string of the molecule is Oc1c(F)c(F)c(F)c(F)c1F.[K]. The molecule has 0 aliphatic carbocycles. The van der Waals surface area contributed by atoms with Crippen molar-refractivity contribution in [3.05, 3.63) is 29.1 Å². The molecule has 67 valence electrons. The van der Waals surface area contributed by atoms with E-state index in [0.717, 1.165) is 0 Å². The van der Waals surface area contributed by atoms with E-state index < -0.39 is 34.8 Å². The second-order valence-corrected chi connectivity index (χ2v) is 1.92. The average Bonchev–Trinajstić information content (AvgIpc) is 2.08. The summed E-state index contributed by atoms with van der Waals surface area (Å²) >= 11 is 0. The number of hydrogen-bond donors (Lipinski definition) is 1. The molecule has 0 aliphatic rings. The summed E-state index contributed by atoms with van der Waals surface area (Å²) in [6.07, 6.45) is 0. The number of benzene rings is 1. The Labute approximate surface area is 112 Å². The summed E-state index contributed by atoms with van der Waals surface area (Å²) in [5.74, 6) is -12.9. The first-order valence-electron chi connectivity index (χ1n) is 2.67. The molecule has 1 rings (SSSR count). The van der Waals surface area contributed by atoms with E-state index in [0.29, 0.717) is 0 Å². The fourth-order valence-corrected chi connectivity index (χ4v) is 0.593. The van der Waals surface area contributed by atoms with Crippen LogP contribution in [0.2, 0.25) is 0 Å². The molecule has 0 saturated carbocycles. The van der Waals surface area contributed by atoms with Gasteiger partial charge in [0, 0.05) is 51.4 Å². The number of aromatic hydroxyl groups is 1. The van der Waals surface area contributed by atoms with E-state index in [1.807, 2.05) is 0 Å². The van der Waals surface area contributed by atoms with Gasteiger partial charge in [-0.3, -0.25) is 0 Å². The summed E-state index contributed by atoms with van der Waals surface area (Å²) in [7, 11) is 0. The molecule has 0 aromatic heterocycles. The van der Waals surface area contributed by atoms with Crippen LogP contribution >= 0.6 is 0 Å². The minimum atomic E-state index is -2.29. The summed E-state index contributed by atoms with van der Waals surface area (Å²) in [6, 6.07) is 0. The predicted molar refractivity (Wildman–Crippen MR) is 33.7 cm³/mol. The minimum Gasteiger partial charge on any atom is -0.503 e. The Bertz CT molecular complexity index is 235. The first-order valence-corrected chi connectivity index (χ1v) is 2.67. The number of phenols is 1.